The molecule has 0 aliphatic heterocycles. The standard InChI is InChI=1S/C6H7N3O3S/c1-12-9-8-4(6(10)11)5-7-2-3-13-5/h2-4H,1H3,(H,10,11). The van der Waals surface area contributed by atoms with Crippen molar-refractivity contribution < 1.29 is 14.7 Å². The van der Waals surface area contributed by atoms with Gasteiger partial charge in [0.15, 0.2) is 0 Å². The van der Waals surface area contributed by atoms with Crippen LogP contribution in [0.1, 0.15) is 11.0 Å². The summed E-state index contributed by atoms with van der Waals surface area (Å²) < 4.78 is 0. The number of carbonyl (C=O) groups is 1. The van der Waals surface area contributed by atoms with Crippen LogP contribution in [-0.4, -0.2) is 23.2 Å². The van der Waals surface area contributed by atoms with E-state index in [0.29, 0.717) is 5.01 Å². The molecule has 0 saturated heterocycles. The Morgan fingerprint density at radius 2 is 2.62 bits per heavy atom. The summed E-state index contributed by atoms with van der Waals surface area (Å²) in [7, 11) is 1.30. The number of rotatable bonds is 4. The Hall–Kier alpha value is -1.50. The highest BCUT2D eigenvalue weighted by Gasteiger charge is 2.21. The first-order valence-corrected chi connectivity index (χ1v) is 4.19. The third-order valence-electron chi connectivity index (χ3n) is 1.16. The molecule has 0 radical (unpaired) electrons. The van der Waals surface area contributed by atoms with Crippen LogP contribution in [0.25, 0.3) is 0 Å². The third-order valence-corrected chi connectivity index (χ3v) is 1.99. The first kappa shape index (κ1) is 9.59. The molecule has 70 valence electrons. The van der Waals surface area contributed by atoms with Gasteiger partial charge in [-0.2, -0.15) is 0 Å². The van der Waals surface area contributed by atoms with Gasteiger partial charge in [0, 0.05) is 16.9 Å². The second-order valence-corrected chi connectivity index (χ2v) is 2.92. The maximum atomic E-state index is 10.7. The molecular formula is C6H7N3O3S. The van der Waals surface area contributed by atoms with E-state index in [-0.39, 0.29) is 0 Å². The van der Waals surface area contributed by atoms with Crippen molar-refractivity contribution >= 4 is 17.3 Å². The lowest BCUT2D eigenvalue weighted by molar-refractivity contribution is -0.138. The molecule has 1 heterocycles. The Bertz CT molecular complexity index is 298. The zero-order valence-electron chi connectivity index (χ0n) is 6.75. The average molecular weight is 201 g/mol. The first-order valence-electron chi connectivity index (χ1n) is 3.31. The van der Waals surface area contributed by atoms with Crippen LogP contribution in [0, 0.1) is 0 Å². The van der Waals surface area contributed by atoms with Crippen molar-refractivity contribution in [3.05, 3.63) is 16.6 Å². The lowest BCUT2D eigenvalue weighted by atomic mass is 10.3. The minimum absolute atomic E-state index is 0.383. The fourth-order valence-corrected chi connectivity index (χ4v) is 1.33. The van der Waals surface area contributed by atoms with E-state index in [0.717, 1.165) is 0 Å². The minimum atomic E-state index is -1.10. The van der Waals surface area contributed by atoms with E-state index in [1.54, 1.807) is 5.38 Å². The fraction of sp³-hybridized carbons (Fsp3) is 0.333. The Labute approximate surface area is 77.9 Å². The Morgan fingerprint density at radius 1 is 1.85 bits per heavy atom. The molecule has 0 aromatic carbocycles. The van der Waals surface area contributed by atoms with E-state index in [2.05, 4.69) is 20.2 Å². The first-order chi connectivity index (χ1) is 6.25. The molecule has 1 aromatic heterocycles. The number of hydrogen-bond acceptors (Lipinski definition) is 6. The number of aromatic nitrogens is 1. The molecule has 1 N–H and O–H groups in total. The minimum Gasteiger partial charge on any atom is -0.479 e. The summed E-state index contributed by atoms with van der Waals surface area (Å²) in [6.07, 6.45) is 1.51. The van der Waals surface area contributed by atoms with Gasteiger partial charge in [-0.05, 0) is 0 Å². The topological polar surface area (TPSA) is 84.1 Å². The number of nitrogens with zero attached hydrogens (tertiary/aromatic N) is 3. The van der Waals surface area contributed by atoms with Crippen molar-refractivity contribution in [2.24, 2.45) is 10.4 Å². The molecule has 0 fully saturated rings. The summed E-state index contributed by atoms with van der Waals surface area (Å²) in [5, 5.41) is 17.4. The summed E-state index contributed by atoms with van der Waals surface area (Å²) >= 11 is 1.21. The second kappa shape index (κ2) is 4.51. The van der Waals surface area contributed by atoms with Crippen LogP contribution in [0.4, 0.5) is 0 Å². The molecule has 7 heteroatoms. The van der Waals surface area contributed by atoms with Crippen LogP contribution in [0.15, 0.2) is 22.0 Å². The van der Waals surface area contributed by atoms with E-state index < -0.39 is 12.0 Å². The predicted molar refractivity (Wildman–Crippen MR) is 44.4 cm³/mol. The van der Waals surface area contributed by atoms with Crippen molar-refractivity contribution in [3.8, 4) is 0 Å². The molecule has 1 unspecified atom stereocenters. The maximum absolute atomic E-state index is 10.7. The predicted octanol–water partition coefficient (Wildman–Crippen LogP) is 1.28. The normalized spacial score (nSPS) is 13.0. The number of thiazole rings is 1. The van der Waals surface area contributed by atoms with Gasteiger partial charge in [0.05, 0.1) is 0 Å². The molecule has 6 nitrogen and oxygen atoms in total. The largest absolute Gasteiger partial charge is 0.479 e. The second-order valence-electron chi connectivity index (χ2n) is 1.99. The molecule has 0 saturated carbocycles. The monoisotopic (exact) mass is 201 g/mol. The van der Waals surface area contributed by atoms with Gasteiger partial charge in [0.25, 0.3) is 0 Å². The van der Waals surface area contributed by atoms with Crippen LogP contribution in [-0.2, 0) is 9.63 Å². The van der Waals surface area contributed by atoms with E-state index >= 15 is 0 Å². The highest BCUT2D eigenvalue weighted by Crippen LogP contribution is 2.20. The van der Waals surface area contributed by atoms with Crippen LogP contribution in [0.5, 0.6) is 0 Å². The molecule has 0 aliphatic carbocycles. The summed E-state index contributed by atoms with van der Waals surface area (Å²) in [4.78, 5) is 18.8. The molecular weight excluding hydrogens is 194 g/mol. The Kier molecular flexibility index (Phi) is 3.32. The van der Waals surface area contributed by atoms with Gasteiger partial charge in [-0.25, -0.2) is 9.78 Å². The molecule has 0 aliphatic rings. The summed E-state index contributed by atoms with van der Waals surface area (Å²) in [6, 6.07) is -1.07. The van der Waals surface area contributed by atoms with Gasteiger partial charge in [-0.3, -0.25) is 0 Å². The van der Waals surface area contributed by atoms with Gasteiger partial charge >= 0.3 is 5.97 Å². The summed E-state index contributed by atoms with van der Waals surface area (Å²) in [5.74, 6) is -1.10. The highest BCUT2D eigenvalue weighted by molar-refractivity contribution is 7.09. The number of carboxylic acid groups (broad SMARTS) is 1. The van der Waals surface area contributed by atoms with Gasteiger partial charge in [-0.15, -0.1) is 16.5 Å². The zero-order chi connectivity index (χ0) is 9.68. The Balaban J connectivity index is 2.81. The zero-order valence-corrected chi connectivity index (χ0v) is 7.56. The Morgan fingerprint density at radius 3 is 3.08 bits per heavy atom. The number of hydrogen-bond donors (Lipinski definition) is 1. The highest BCUT2D eigenvalue weighted by atomic mass is 32.1. The maximum Gasteiger partial charge on any atom is 0.337 e. The van der Waals surface area contributed by atoms with Gasteiger partial charge in [0.1, 0.15) is 12.1 Å². The molecule has 0 spiro atoms. The number of aliphatic carboxylic acids is 1. The van der Waals surface area contributed by atoms with Gasteiger partial charge < -0.3 is 9.94 Å². The van der Waals surface area contributed by atoms with E-state index in [4.69, 9.17) is 5.11 Å². The molecule has 0 amide bonds. The van der Waals surface area contributed by atoms with Crippen molar-refractivity contribution in [2.45, 2.75) is 6.04 Å². The van der Waals surface area contributed by atoms with Crippen LogP contribution < -0.4 is 0 Å². The van der Waals surface area contributed by atoms with Crippen molar-refractivity contribution in [2.75, 3.05) is 7.11 Å². The van der Waals surface area contributed by atoms with Crippen molar-refractivity contribution in [1.29, 1.82) is 0 Å². The van der Waals surface area contributed by atoms with E-state index in [1.807, 2.05) is 0 Å². The van der Waals surface area contributed by atoms with Gasteiger partial charge in [-0.1, -0.05) is 0 Å². The smallest absolute Gasteiger partial charge is 0.337 e. The van der Waals surface area contributed by atoms with Crippen LogP contribution in [0.2, 0.25) is 0 Å². The molecule has 0 bridgehead atoms. The molecule has 1 aromatic rings. The summed E-state index contributed by atoms with van der Waals surface area (Å²) in [6.45, 7) is 0. The lowest BCUT2D eigenvalue weighted by Crippen LogP contribution is -2.08. The lowest BCUT2D eigenvalue weighted by Gasteiger charge is -1.99. The van der Waals surface area contributed by atoms with Crippen molar-refractivity contribution in [1.82, 2.24) is 4.98 Å². The fourth-order valence-electron chi connectivity index (χ4n) is 0.668. The molecule has 1 rings (SSSR count). The van der Waals surface area contributed by atoms with Crippen LogP contribution in [0.3, 0.4) is 0 Å². The molecule has 13 heavy (non-hydrogen) atoms. The SMILES string of the molecule is CON=NC(C(=O)O)c1nccs1. The van der Waals surface area contributed by atoms with Crippen molar-refractivity contribution in [3.63, 3.8) is 0 Å². The third kappa shape index (κ3) is 2.48. The summed E-state index contributed by atoms with van der Waals surface area (Å²) in [5.41, 5.74) is 0. The quantitative estimate of drug-likeness (QED) is 0.587. The molecule has 1 atom stereocenters. The van der Waals surface area contributed by atoms with Gasteiger partial charge in [0.2, 0.25) is 6.04 Å². The van der Waals surface area contributed by atoms with E-state index in [9.17, 15) is 4.79 Å². The number of carboxylic acids is 1. The average Bonchev–Trinajstić information content (AvgIpc) is 2.57. The van der Waals surface area contributed by atoms with E-state index in [1.165, 1.54) is 24.6 Å². The van der Waals surface area contributed by atoms with Crippen LogP contribution >= 0.6 is 11.3 Å².